The van der Waals surface area contributed by atoms with Gasteiger partial charge in [0.05, 0.1) is 10.6 Å². The van der Waals surface area contributed by atoms with Gasteiger partial charge < -0.3 is 5.11 Å². The second-order valence-electron chi connectivity index (χ2n) is 6.96. The summed E-state index contributed by atoms with van der Waals surface area (Å²) < 4.78 is 26.9. The topological polar surface area (TPSA) is 74.7 Å². The number of para-hydroxylation sites is 1. The van der Waals surface area contributed by atoms with Gasteiger partial charge in [-0.05, 0) is 42.0 Å². The molecule has 2 aromatic carbocycles. The summed E-state index contributed by atoms with van der Waals surface area (Å²) in [7, 11) is -4.25. The molecule has 1 amide bonds. The van der Waals surface area contributed by atoms with E-state index >= 15 is 0 Å². The molecule has 0 atom stereocenters. The molecule has 6 heteroatoms. The molecule has 140 valence electrons. The van der Waals surface area contributed by atoms with Crippen molar-refractivity contribution in [2.24, 2.45) is 0 Å². The molecule has 0 aromatic heterocycles. The third-order valence-corrected chi connectivity index (χ3v) is 5.97. The van der Waals surface area contributed by atoms with Gasteiger partial charge in [-0.15, -0.1) is 0 Å². The number of hydrogen-bond donors (Lipinski definition) is 1. The summed E-state index contributed by atoms with van der Waals surface area (Å²) in [6.45, 7) is 9.52. The summed E-state index contributed by atoms with van der Waals surface area (Å²) >= 11 is 0. The van der Waals surface area contributed by atoms with Crippen LogP contribution in [-0.4, -0.2) is 19.6 Å². The minimum absolute atomic E-state index is 0.0289. The van der Waals surface area contributed by atoms with Gasteiger partial charge in [-0.3, -0.25) is 0 Å². The van der Waals surface area contributed by atoms with Gasteiger partial charge in [0.15, 0.2) is 0 Å². The van der Waals surface area contributed by atoms with Crippen LogP contribution in [0.1, 0.15) is 56.2 Å². The first kappa shape index (κ1) is 20.0. The molecule has 0 heterocycles. The highest BCUT2D eigenvalue weighted by Gasteiger charge is 2.35. The van der Waals surface area contributed by atoms with Gasteiger partial charge in [0.25, 0.3) is 10.0 Å². The minimum atomic E-state index is -4.25. The van der Waals surface area contributed by atoms with Crippen molar-refractivity contribution in [1.29, 1.82) is 0 Å². The van der Waals surface area contributed by atoms with Crippen LogP contribution in [0.4, 0.5) is 10.5 Å². The highest BCUT2D eigenvalue weighted by atomic mass is 32.2. The number of anilines is 1. The molecule has 0 unspecified atom stereocenters. The maximum atomic E-state index is 13.2. The SMILES string of the molecule is Cc1ccc(S(=O)(=O)N(C(=O)O)c2c(C(C)C)cccc2C(C)C)cc1. The van der Waals surface area contributed by atoms with Crippen molar-refractivity contribution in [1.82, 2.24) is 0 Å². The molecule has 2 rings (SSSR count). The van der Waals surface area contributed by atoms with Crippen LogP contribution in [-0.2, 0) is 10.0 Å². The van der Waals surface area contributed by atoms with Crippen molar-refractivity contribution in [2.45, 2.75) is 51.3 Å². The van der Waals surface area contributed by atoms with Crippen molar-refractivity contribution in [3.05, 3.63) is 59.2 Å². The van der Waals surface area contributed by atoms with Crippen LogP contribution >= 0.6 is 0 Å². The van der Waals surface area contributed by atoms with E-state index in [0.29, 0.717) is 15.4 Å². The Hall–Kier alpha value is -2.34. The first-order chi connectivity index (χ1) is 12.1. The standard InChI is InChI=1S/C20H25NO4S/c1-13(2)17-7-6-8-18(14(3)4)19(17)21(20(22)23)26(24,25)16-11-9-15(5)10-12-16/h6-14H,1-5H3,(H,22,23). The molecule has 2 aromatic rings. The summed E-state index contributed by atoms with van der Waals surface area (Å²) in [5.74, 6) is -0.0578. The monoisotopic (exact) mass is 375 g/mol. The largest absolute Gasteiger partial charge is 0.464 e. The lowest BCUT2D eigenvalue weighted by Crippen LogP contribution is -2.37. The van der Waals surface area contributed by atoms with Crippen molar-refractivity contribution in [2.75, 3.05) is 4.31 Å². The lowest BCUT2D eigenvalue weighted by molar-refractivity contribution is 0.206. The van der Waals surface area contributed by atoms with E-state index in [2.05, 4.69) is 0 Å². The summed E-state index contributed by atoms with van der Waals surface area (Å²) in [5, 5.41) is 9.84. The van der Waals surface area contributed by atoms with Gasteiger partial charge in [0.2, 0.25) is 0 Å². The normalized spacial score (nSPS) is 11.8. The molecule has 26 heavy (non-hydrogen) atoms. The molecular weight excluding hydrogens is 350 g/mol. The molecule has 0 bridgehead atoms. The average Bonchev–Trinajstić information content (AvgIpc) is 2.54. The Labute approximate surface area is 155 Å². The summed E-state index contributed by atoms with van der Waals surface area (Å²) in [4.78, 5) is 12.0. The third kappa shape index (κ3) is 3.75. The van der Waals surface area contributed by atoms with Crippen LogP contribution in [0.3, 0.4) is 0 Å². The van der Waals surface area contributed by atoms with Crippen LogP contribution in [0.5, 0.6) is 0 Å². The summed E-state index contributed by atoms with van der Waals surface area (Å²) in [6.07, 6.45) is -1.51. The highest BCUT2D eigenvalue weighted by Crippen LogP contribution is 2.38. The Kier molecular flexibility index (Phi) is 5.76. The first-order valence-electron chi connectivity index (χ1n) is 8.55. The van der Waals surface area contributed by atoms with Gasteiger partial charge in [0, 0.05) is 0 Å². The predicted octanol–water partition coefficient (Wildman–Crippen LogP) is 5.12. The van der Waals surface area contributed by atoms with Gasteiger partial charge in [0.1, 0.15) is 0 Å². The first-order valence-corrected chi connectivity index (χ1v) is 9.99. The van der Waals surface area contributed by atoms with E-state index in [1.807, 2.05) is 40.7 Å². The van der Waals surface area contributed by atoms with Gasteiger partial charge in [-0.25, -0.2) is 13.2 Å². The number of aryl methyl sites for hydroxylation is 1. The van der Waals surface area contributed by atoms with E-state index in [9.17, 15) is 18.3 Å². The zero-order valence-corrected chi connectivity index (χ0v) is 16.5. The molecule has 1 N–H and O–H groups in total. The van der Waals surface area contributed by atoms with E-state index in [1.165, 1.54) is 12.1 Å². The predicted molar refractivity (Wildman–Crippen MR) is 103 cm³/mol. The number of benzene rings is 2. The van der Waals surface area contributed by atoms with E-state index < -0.39 is 16.1 Å². The summed E-state index contributed by atoms with van der Waals surface area (Å²) in [5.41, 5.74) is 2.52. The maximum Gasteiger partial charge on any atom is 0.426 e. The molecule has 0 aliphatic carbocycles. The molecule has 0 saturated carbocycles. The summed E-state index contributed by atoms with van der Waals surface area (Å²) in [6, 6.07) is 11.6. The van der Waals surface area contributed by atoms with Crippen LogP contribution < -0.4 is 4.31 Å². The van der Waals surface area contributed by atoms with Gasteiger partial charge in [-0.1, -0.05) is 63.6 Å². The van der Waals surface area contributed by atoms with Gasteiger partial charge >= 0.3 is 6.09 Å². The van der Waals surface area contributed by atoms with E-state index in [4.69, 9.17) is 0 Å². The van der Waals surface area contributed by atoms with Crippen molar-refractivity contribution in [3.63, 3.8) is 0 Å². The Morgan fingerprint density at radius 3 is 1.77 bits per heavy atom. The molecule has 0 aliphatic heterocycles. The molecule has 0 fully saturated rings. The number of carbonyl (C=O) groups is 1. The maximum absolute atomic E-state index is 13.2. The van der Waals surface area contributed by atoms with Crippen LogP contribution in [0.15, 0.2) is 47.4 Å². The lowest BCUT2D eigenvalue weighted by atomic mass is 9.93. The van der Waals surface area contributed by atoms with Crippen LogP contribution in [0, 0.1) is 6.92 Å². The van der Waals surface area contributed by atoms with Crippen LogP contribution in [0.25, 0.3) is 0 Å². The third-order valence-electron chi connectivity index (χ3n) is 4.28. The molecule has 0 radical (unpaired) electrons. The van der Waals surface area contributed by atoms with Crippen LogP contribution in [0.2, 0.25) is 0 Å². The molecule has 5 nitrogen and oxygen atoms in total. The molecule has 0 saturated heterocycles. The fourth-order valence-electron chi connectivity index (χ4n) is 2.88. The smallest absolute Gasteiger partial charge is 0.426 e. The van der Waals surface area contributed by atoms with Crippen molar-refractivity contribution >= 4 is 21.8 Å². The second kappa shape index (κ2) is 7.50. The Balaban J connectivity index is 2.80. The number of amides is 1. The quantitative estimate of drug-likeness (QED) is 0.787. The van der Waals surface area contributed by atoms with Crippen molar-refractivity contribution < 1.29 is 18.3 Å². The number of nitrogens with zero attached hydrogens (tertiary/aromatic N) is 1. The number of rotatable bonds is 5. The molecule has 0 spiro atoms. The zero-order chi connectivity index (χ0) is 19.6. The zero-order valence-electron chi connectivity index (χ0n) is 15.7. The lowest BCUT2D eigenvalue weighted by Gasteiger charge is -2.27. The van der Waals surface area contributed by atoms with Crippen molar-refractivity contribution in [3.8, 4) is 0 Å². The average molecular weight is 375 g/mol. The highest BCUT2D eigenvalue weighted by molar-refractivity contribution is 7.93. The van der Waals surface area contributed by atoms with E-state index in [-0.39, 0.29) is 22.4 Å². The Bertz CT molecular complexity index is 874. The number of hydrogen-bond acceptors (Lipinski definition) is 3. The minimum Gasteiger partial charge on any atom is -0.464 e. The fraction of sp³-hybridized carbons (Fsp3) is 0.350. The Morgan fingerprint density at radius 1 is 0.923 bits per heavy atom. The van der Waals surface area contributed by atoms with E-state index in [0.717, 1.165) is 5.56 Å². The molecule has 0 aliphatic rings. The second-order valence-corrected chi connectivity index (χ2v) is 8.75. The number of sulfonamides is 1. The van der Waals surface area contributed by atoms with Gasteiger partial charge in [-0.2, -0.15) is 4.31 Å². The Morgan fingerprint density at radius 2 is 1.38 bits per heavy atom. The number of carboxylic acid groups (broad SMARTS) is 1. The molecular formula is C20H25NO4S. The fourth-order valence-corrected chi connectivity index (χ4v) is 4.23. The van der Waals surface area contributed by atoms with E-state index in [1.54, 1.807) is 24.3 Å².